The number of likely N-dealkylation sites (N-methyl/N-ethyl adjacent to an activating group) is 1. The molecule has 0 aromatic heterocycles. The summed E-state index contributed by atoms with van der Waals surface area (Å²) < 4.78 is 1.01. The maximum absolute atomic E-state index is 6.10. The van der Waals surface area contributed by atoms with Crippen LogP contribution in [0.25, 0.3) is 0 Å². The summed E-state index contributed by atoms with van der Waals surface area (Å²) in [5.74, 6) is 0. The van der Waals surface area contributed by atoms with E-state index in [1.807, 2.05) is 25.2 Å². The van der Waals surface area contributed by atoms with Crippen molar-refractivity contribution in [1.82, 2.24) is 5.32 Å². The average Bonchev–Trinajstić information content (AvgIpc) is 2.36. The Hall–Kier alpha value is -0.830. The van der Waals surface area contributed by atoms with Gasteiger partial charge in [0.2, 0.25) is 0 Å². The SMILES string of the molecule is CNC(Cc1ccccc1)c1cc(Cl)cc(Br)c1. The Morgan fingerprint density at radius 3 is 2.50 bits per heavy atom. The highest BCUT2D eigenvalue weighted by Crippen LogP contribution is 2.25. The van der Waals surface area contributed by atoms with Crippen LogP contribution in [-0.4, -0.2) is 7.05 Å². The average molecular weight is 325 g/mol. The zero-order chi connectivity index (χ0) is 13.0. The van der Waals surface area contributed by atoms with Crippen molar-refractivity contribution in [2.24, 2.45) is 0 Å². The third-order valence-electron chi connectivity index (χ3n) is 2.92. The largest absolute Gasteiger partial charge is 0.313 e. The number of hydrogen-bond acceptors (Lipinski definition) is 1. The van der Waals surface area contributed by atoms with Gasteiger partial charge in [0.15, 0.2) is 0 Å². The molecule has 3 heteroatoms. The van der Waals surface area contributed by atoms with E-state index in [0.29, 0.717) is 0 Å². The van der Waals surface area contributed by atoms with E-state index in [1.165, 1.54) is 11.1 Å². The summed E-state index contributed by atoms with van der Waals surface area (Å²) in [6.07, 6.45) is 0.949. The molecule has 0 radical (unpaired) electrons. The molecule has 0 spiro atoms. The minimum Gasteiger partial charge on any atom is -0.313 e. The summed E-state index contributed by atoms with van der Waals surface area (Å²) in [6.45, 7) is 0. The van der Waals surface area contributed by atoms with E-state index in [0.717, 1.165) is 15.9 Å². The van der Waals surface area contributed by atoms with Crippen LogP contribution in [0.1, 0.15) is 17.2 Å². The molecule has 18 heavy (non-hydrogen) atoms. The molecule has 0 fully saturated rings. The van der Waals surface area contributed by atoms with Crippen molar-refractivity contribution < 1.29 is 0 Å². The Morgan fingerprint density at radius 1 is 1.17 bits per heavy atom. The van der Waals surface area contributed by atoms with E-state index in [4.69, 9.17) is 11.6 Å². The van der Waals surface area contributed by atoms with Gasteiger partial charge in [-0.3, -0.25) is 0 Å². The van der Waals surface area contributed by atoms with Crippen molar-refractivity contribution in [2.45, 2.75) is 12.5 Å². The van der Waals surface area contributed by atoms with Gasteiger partial charge in [-0.2, -0.15) is 0 Å². The van der Waals surface area contributed by atoms with Crippen molar-refractivity contribution in [2.75, 3.05) is 7.05 Å². The Kier molecular flexibility index (Phi) is 4.81. The van der Waals surface area contributed by atoms with Crippen LogP contribution in [0, 0.1) is 0 Å². The van der Waals surface area contributed by atoms with Gasteiger partial charge < -0.3 is 5.32 Å². The van der Waals surface area contributed by atoms with Gasteiger partial charge in [0.1, 0.15) is 0 Å². The van der Waals surface area contributed by atoms with Crippen LogP contribution in [0.2, 0.25) is 5.02 Å². The van der Waals surface area contributed by atoms with Gasteiger partial charge in [0, 0.05) is 15.5 Å². The molecule has 2 aromatic rings. The van der Waals surface area contributed by atoms with Gasteiger partial charge in [0.05, 0.1) is 0 Å². The summed E-state index contributed by atoms with van der Waals surface area (Å²) in [7, 11) is 1.97. The summed E-state index contributed by atoms with van der Waals surface area (Å²) in [5.41, 5.74) is 2.51. The molecule has 94 valence electrons. The van der Waals surface area contributed by atoms with Crippen molar-refractivity contribution in [3.8, 4) is 0 Å². The first kappa shape index (κ1) is 13.6. The lowest BCUT2D eigenvalue weighted by atomic mass is 9.99. The zero-order valence-corrected chi connectivity index (χ0v) is 12.5. The van der Waals surface area contributed by atoms with Gasteiger partial charge in [-0.15, -0.1) is 0 Å². The molecule has 1 atom stereocenters. The fourth-order valence-corrected chi connectivity index (χ4v) is 2.90. The van der Waals surface area contributed by atoms with Gasteiger partial charge >= 0.3 is 0 Å². The minimum atomic E-state index is 0.266. The fourth-order valence-electron chi connectivity index (χ4n) is 2.01. The molecule has 2 aromatic carbocycles. The number of rotatable bonds is 4. The molecule has 1 nitrogen and oxygen atoms in total. The normalized spacial score (nSPS) is 12.4. The predicted octanol–water partition coefficient (Wildman–Crippen LogP) is 4.61. The molecule has 0 bridgehead atoms. The Bertz CT molecular complexity index is 493. The zero-order valence-electron chi connectivity index (χ0n) is 10.2. The summed E-state index contributed by atoms with van der Waals surface area (Å²) in [5, 5.41) is 4.10. The second-order valence-corrected chi connectivity index (χ2v) is 5.59. The highest BCUT2D eigenvalue weighted by atomic mass is 79.9. The van der Waals surface area contributed by atoms with Crippen molar-refractivity contribution in [3.63, 3.8) is 0 Å². The quantitative estimate of drug-likeness (QED) is 0.866. The van der Waals surface area contributed by atoms with E-state index in [2.05, 4.69) is 51.6 Å². The first-order valence-corrected chi connectivity index (χ1v) is 7.03. The fraction of sp³-hybridized carbons (Fsp3) is 0.200. The van der Waals surface area contributed by atoms with Gasteiger partial charge in [-0.1, -0.05) is 57.9 Å². The molecule has 0 aliphatic carbocycles. The van der Waals surface area contributed by atoms with Crippen LogP contribution in [-0.2, 0) is 6.42 Å². The predicted molar refractivity (Wildman–Crippen MR) is 81.1 cm³/mol. The van der Waals surface area contributed by atoms with E-state index in [1.54, 1.807) is 0 Å². The molecule has 1 unspecified atom stereocenters. The number of hydrogen-bond donors (Lipinski definition) is 1. The number of halogens is 2. The topological polar surface area (TPSA) is 12.0 Å². The lowest BCUT2D eigenvalue weighted by Gasteiger charge is -2.17. The molecule has 1 N–H and O–H groups in total. The second-order valence-electron chi connectivity index (χ2n) is 4.23. The Morgan fingerprint density at radius 2 is 1.89 bits per heavy atom. The van der Waals surface area contributed by atoms with E-state index >= 15 is 0 Å². The standard InChI is InChI=1S/C15H15BrClN/c1-18-15(7-11-5-3-2-4-6-11)12-8-13(16)10-14(17)9-12/h2-6,8-10,15,18H,7H2,1H3. The second kappa shape index (κ2) is 6.37. The number of nitrogens with one attached hydrogen (secondary N) is 1. The summed E-state index contributed by atoms with van der Waals surface area (Å²) >= 11 is 9.58. The van der Waals surface area contributed by atoms with Gasteiger partial charge in [0.25, 0.3) is 0 Å². The molecule has 0 amide bonds. The van der Waals surface area contributed by atoms with E-state index in [-0.39, 0.29) is 6.04 Å². The minimum absolute atomic E-state index is 0.266. The van der Waals surface area contributed by atoms with Crippen molar-refractivity contribution >= 4 is 27.5 Å². The third kappa shape index (κ3) is 3.58. The van der Waals surface area contributed by atoms with Crippen LogP contribution < -0.4 is 5.32 Å². The van der Waals surface area contributed by atoms with Crippen LogP contribution in [0.3, 0.4) is 0 Å². The summed E-state index contributed by atoms with van der Waals surface area (Å²) in [6, 6.07) is 16.7. The van der Waals surface area contributed by atoms with E-state index < -0.39 is 0 Å². The molecule has 0 aliphatic rings. The van der Waals surface area contributed by atoms with Crippen LogP contribution >= 0.6 is 27.5 Å². The maximum atomic E-state index is 6.10. The van der Waals surface area contributed by atoms with Gasteiger partial charge in [-0.05, 0) is 42.8 Å². The van der Waals surface area contributed by atoms with E-state index in [9.17, 15) is 0 Å². The smallest absolute Gasteiger partial charge is 0.0420 e. The highest BCUT2D eigenvalue weighted by Gasteiger charge is 2.11. The van der Waals surface area contributed by atoms with Crippen LogP contribution in [0.5, 0.6) is 0 Å². The lowest BCUT2D eigenvalue weighted by molar-refractivity contribution is 0.592. The lowest BCUT2D eigenvalue weighted by Crippen LogP contribution is -2.18. The monoisotopic (exact) mass is 323 g/mol. The van der Waals surface area contributed by atoms with Crippen LogP contribution in [0.4, 0.5) is 0 Å². The molecule has 2 rings (SSSR count). The van der Waals surface area contributed by atoms with Gasteiger partial charge in [-0.25, -0.2) is 0 Å². The molecule has 0 saturated carbocycles. The Labute approximate surface area is 121 Å². The maximum Gasteiger partial charge on any atom is 0.0420 e. The first-order valence-electron chi connectivity index (χ1n) is 5.86. The molecule has 0 aliphatic heterocycles. The number of benzene rings is 2. The Balaban J connectivity index is 2.23. The van der Waals surface area contributed by atoms with Crippen molar-refractivity contribution in [3.05, 3.63) is 69.2 Å². The third-order valence-corrected chi connectivity index (χ3v) is 3.59. The molecule has 0 saturated heterocycles. The first-order chi connectivity index (χ1) is 8.69. The highest BCUT2D eigenvalue weighted by molar-refractivity contribution is 9.10. The summed E-state index contributed by atoms with van der Waals surface area (Å²) in [4.78, 5) is 0. The van der Waals surface area contributed by atoms with Crippen molar-refractivity contribution in [1.29, 1.82) is 0 Å². The molecule has 0 heterocycles. The molecular formula is C15H15BrClN. The van der Waals surface area contributed by atoms with Crippen LogP contribution in [0.15, 0.2) is 53.0 Å². The molecular weight excluding hydrogens is 310 g/mol.